The van der Waals surface area contributed by atoms with Crippen LogP contribution < -0.4 is 15.4 Å². The molecule has 0 aliphatic carbocycles. The summed E-state index contributed by atoms with van der Waals surface area (Å²) in [5, 5.41) is 5.30. The van der Waals surface area contributed by atoms with E-state index in [1.54, 1.807) is 31.4 Å². The lowest BCUT2D eigenvalue weighted by molar-refractivity contribution is -0.121. The molecule has 2 aromatic rings. The van der Waals surface area contributed by atoms with Gasteiger partial charge in [0.15, 0.2) is 0 Å². The number of hydrogen-bond donors (Lipinski definition) is 2. The van der Waals surface area contributed by atoms with Crippen LogP contribution in [0.3, 0.4) is 0 Å². The van der Waals surface area contributed by atoms with E-state index in [2.05, 4.69) is 10.6 Å². The molecule has 0 spiro atoms. The Bertz CT molecular complexity index is 764. The first-order valence-electron chi connectivity index (χ1n) is 8.12. The third-order valence-corrected chi connectivity index (χ3v) is 3.71. The van der Waals surface area contributed by atoms with Crippen LogP contribution in [-0.2, 0) is 11.2 Å². The van der Waals surface area contributed by atoms with Crippen molar-refractivity contribution in [1.29, 1.82) is 0 Å². The Morgan fingerprint density at radius 1 is 1.00 bits per heavy atom. The Labute approximate surface area is 150 Å². The molecule has 2 rings (SSSR count). The second kappa shape index (κ2) is 9.50. The highest BCUT2D eigenvalue weighted by molar-refractivity contribution is 5.94. The van der Waals surface area contributed by atoms with Gasteiger partial charge in [-0.25, -0.2) is 8.78 Å². The molecule has 0 unspecified atom stereocenters. The highest BCUT2D eigenvalue weighted by atomic mass is 19.1. The molecule has 0 radical (unpaired) electrons. The van der Waals surface area contributed by atoms with Crippen LogP contribution in [0.15, 0.2) is 42.5 Å². The topological polar surface area (TPSA) is 67.4 Å². The predicted octanol–water partition coefficient (Wildman–Crippen LogP) is 2.45. The van der Waals surface area contributed by atoms with Gasteiger partial charge in [-0.2, -0.15) is 0 Å². The molecule has 0 aliphatic heterocycles. The molecule has 7 heteroatoms. The van der Waals surface area contributed by atoms with Crippen molar-refractivity contribution in [3.8, 4) is 5.75 Å². The van der Waals surface area contributed by atoms with E-state index in [1.165, 1.54) is 0 Å². The largest absolute Gasteiger partial charge is 0.497 e. The van der Waals surface area contributed by atoms with Crippen LogP contribution in [0, 0.1) is 11.6 Å². The fourth-order valence-electron chi connectivity index (χ4n) is 2.29. The number of carbonyl (C=O) groups excluding carboxylic acids is 2. The minimum Gasteiger partial charge on any atom is -0.497 e. The minimum absolute atomic E-state index is 0.0345. The van der Waals surface area contributed by atoms with Crippen LogP contribution in [0.2, 0.25) is 0 Å². The number of rotatable bonds is 8. The predicted molar refractivity (Wildman–Crippen MR) is 93.0 cm³/mol. The molecule has 5 nitrogen and oxygen atoms in total. The lowest BCUT2D eigenvalue weighted by atomic mass is 10.1. The summed E-state index contributed by atoms with van der Waals surface area (Å²) in [7, 11) is 1.54. The van der Waals surface area contributed by atoms with E-state index in [-0.39, 0.29) is 43.3 Å². The lowest BCUT2D eigenvalue weighted by Crippen LogP contribution is -2.34. The quantitative estimate of drug-likeness (QED) is 0.709. The summed E-state index contributed by atoms with van der Waals surface area (Å²) in [4.78, 5) is 23.7. The van der Waals surface area contributed by atoms with E-state index in [0.717, 1.165) is 18.2 Å². The Hall–Kier alpha value is -2.96. The smallest absolute Gasteiger partial charge is 0.251 e. The van der Waals surface area contributed by atoms with Crippen molar-refractivity contribution >= 4 is 11.8 Å². The highest BCUT2D eigenvalue weighted by Crippen LogP contribution is 2.12. The molecule has 0 saturated heterocycles. The molecule has 0 heterocycles. The van der Waals surface area contributed by atoms with Gasteiger partial charge in [0.05, 0.1) is 7.11 Å². The molecule has 0 fully saturated rings. The van der Waals surface area contributed by atoms with Gasteiger partial charge in [0.2, 0.25) is 5.91 Å². The van der Waals surface area contributed by atoms with E-state index in [9.17, 15) is 18.4 Å². The van der Waals surface area contributed by atoms with Crippen molar-refractivity contribution in [3.05, 3.63) is 65.2 Å². The summed E-state index contributed by atoms with van der Waals surface area (Å²) in [5.41, 5.74) is 0.645. The summed E-state index contributed by atoms with van der Waals surface area (Å²) in [6, 6.07) is 9.80. The summed E-state index contributed by atoms with van der Waals surface area (Å²) < 4.78 is 31.6. The van der Waals surface area contributed by atoms with Gasteiger partial charge in [-0.05, 0) is 54.4 Å². The van der Waals surface area contributed by atoms with Gasteiger partial charge in [-0.1, -0.05) is 0 Å². The third-order valence-electron chi connectivity index (χ3n) is 3.71. The number of carbonyl (C=O) groups is 2. The van der Waals surface area contributed by atoms with Crippen LogP contribution in [0.5, 0.6) is 5.75 Å². The zero-order valence-corrected chi connectivity index (χ0v) is 14.4. The maximum atomic E-state index is 13.5. The van der Waals surface area contributed by atoms with Gasteiger partial charge in [0, 0.05) is 25.1 Å². The zero-order chi connectivity index (χ0) is 18.9. The molecule has 2 amide bonds. The number of halogens is 2. The number of nitrogens with one attached hydrogen (secondary N) is 2. The normalized spacial score (nSPS) is 10.3. The Morgan fingerprint density at radius 3 is 2.38 bits per heavy atom. The van der Waals surface area contributed by atoms with E-state index in [0.29, 0.717) is 11.3 Å². The molecule has 26 heavy (non-hydrogen) atoms. The van der Waals surface area contributed by atoms with E-state index in [1.807, 2.05) is 0 Å². The number of benzene rings is 2. The molecule has 2 N–H and O–H groups in total. The van der Waals surface area contributed by atoms with Crippen LogP contribution in [-0.4, -0.2) is 32.0 Å². The van der Waals surface area contributed by atoms with Crippen LogP contribution >= 0.6 is 0 Å². The van der Waals surface area contributed by atoms with Crippen LogP contribution in [0.25, 0.3) is 0 Å². The van der Waals surface area contributed by atoms with Crippen molar-refractivity contribution in [1.82, 2.24) is 10.6 Å². The van der Waals surface area contributed by atoms with Crippen LogP contribution in [0.1, 0.15) is 22.3 Å². The lowest BCUT2D eigenvalue weighted by Gasteiger charge is -2.08. The van der Waals surface area contributed by atoms with Gasteiger partial charge in [-0.15, -0.1) is 0 Å². The van der Waals surface area contributed by atoms with Crippen molar-refractivity contribution in [2.75, 3.05) is 20.2 Å². The van der Waals surface area contributed by atoms with Gasteiger partial charge >= 0.3 is 0 Å². The summed E-state index contributed by atoms with van der Waals surface area (Å²) >= 11 is 0. The molecule has 0 atom stereocenters. The maximum absolute atomic E-state index is 13.5. The first-order valence-corrected chi connectivity index (χ1v) is 8.12. The highest BCUT2D eigenvalue weighted by Gasteiger charge is 2.08. The fraction of sp³-hybridized carbons (Fsp3) is 0.263. The number of amides is 2. The summed E-state index contributed by atoms with van der Waals surface area (Å²) in [6.45, 7) is 0.497. The number of methoxy groups -OCH3 is 1. The second-order valence-electron chi connectivity index (χ2n) is 5.57. The zero-order valence-electron chi connectivity index (χ0n) is 14.4. The number of aryl methyl sites for hydroxylation is 1. The fourth-order valence-corrected chi connectivity index (χ4v) is 2.29. The van der Waals surface area contributed by atoms with Crippen molar-refractivity contribution in [2.45, 2.75) is 12.8 Å². The van der Waals surface area contributed by atoms with Gasteiger partial charge in [0.1, 0.15) is 17.4 Å². The van der Waals surface area contributed by atoms with Crippen molar-refractivity contribution in [2.24, 2.45) is 0 Å². The average molecular weight is 362 g/mol. The van der Waals surface area contributed by atoms with E-state index < -0.39 is 11.6 Å². The van der Waals surface area contributed by atoms with Crippen molar-refractivity contribution in [3.63, 3.8) is 0 Å². The van der Waals surface area contributed by atoms with E-state index >= 15 is 0 Å². The molecule has 138 valence electrons. The van der Waals surface area contributed by atoms with E-state index in [4.69, 9.17) is 4.74 Å². The standard InChI is InChI=1S/C19H20F2N2O3/c1-26-16-6-2-13(3-7-16)19(25)23-11-10-22-18(24)9-4-14-12-15(20)5-8-17(14)21/h2-3,5-8,12H,4,9-11H2,1H3,(H,22,24)(H,23,25). The molecule has 0 aromatic heterocycles. The third kappa shape index (κ3) is 5.84. The summed E-state index contributed by atoms with van der Waals surface area (Å²) in [6.07, 6.45) is 0.139. The van der Waals surface area contributed by atoms with Gasteiger partial charge < -0.3 is 15.4 Å². The Morgan fingerprint density at radius 2 is 1.69 bits per heavy atom. The molecule has 0 saturated carbocycles. The molecule has 0 bridgehead atoms. The molecule has 2 aromatic carbocycles. The SMILES string of the molecule is COc1ccc(C(=O)NCCNC(=O)CCc2cc(F)ccc2F)cc1. The second-order valence-corrected chi connectivity index (χ2v) is 5.57. The minimum atomic E-state index is -0.539. The average Bonchev–Trinajstić information content (AvgIpc) is 2.65. The molecule has 0 aliphatic rings. The van der Waals surface area contributed by atoms with Crippen molar-refractivity contribution < 1.29 is 23.1 Å². The maximum Gasteiger partial charge on any atom is 0.251 e. The Balaban J connectivity index is 1.67. The van der Waals surface area contributed by atoms with Gasteiger partial charge in [-0.3, -0.25) is 9.59 Å². The number of hydrogen-bond acceptors (Lipinski definition) is 3. The molecular formula is C19H20F2N2O3. The van der Waals surface area contributed by atoms with Crippen LogP contribution in [0.4, 0.5) is 8.78 Å². The summed E-state index contributed by atoms with van der Waals surface area (Å²) in [5.74, 6) is -0.978. The van der Waals surface area contributed by atoms with Gasteiger partial charge in [0.25, 0.3) is 5.91 Å². The molecular weight excluding hydrogens is 342 g/mol. The monoisotopic (exact) mass is 362 g/mol. The Kier molecular flexibility index (Phi) is 7.08. The first kappa shape index (κ1) is 19.4. The first-order chi connectivity index (χ1) is 12.5. The number of ether oxygens (including phenoxy) is 1.